The molecule has 2 amide bonds. The van der Waals surface area contributed by atoms with Crippen LogP contribution in [0.4, 0.5) is 14.5 Å². The summed E-state index contributed by atoms with van der Waals surface area (Å²) >= 11 is 0. The van der Waals surface area contributed by atoms with Crippen molar-refractivity contribution in [2.24, 2.45) is 5.92 Å². The monoisotopic (exact) mass is 477 g/mol. The zero-order valence-corrected chi connectivity index (χ0v) is 19.2. The van der Waals surface area contributed by atoms with Gasteiger partial charge >= 0.3 is 0 Å². The van der Waals surface area contributed by atoms with Crippen molar-refractivity contribution in [1.82, 2.24) is 9.21 Å². The number of carbonyl (C=O) groups is 2. The molecule has 7 nitrogen and oxygen atoms in total. The number of hydrogen-bond acceptors (Lipinski definition) is 4. The second-order valence-corrected chi connectivity index (χ2v) is 10.3. The van der Waals surface area contributed by atoms with Crippen molar-refractivity contribution in [3.63, 3.8) is 0 Å². The summed E-state index contributed by atoms with van der Waals surface area (Å²) in [6, 6.07) is 8.01. The highest BCUT2D eigenvalue weighted by molar-refractivity contribution is 7.89. The maximum Gasteiger partial charge on any atom is 0.246 e. The Hall–Kier alpha value is -2.85. The van der Waals surface area contributed by atoms with Crippen molar-refractivity contribution < 1.29 is 26.8 Å². The van der Waals surface area contributed by atoms with Crippen molar-refractivity contribution in [1.29, 1.82) is 0 Å². The van der Waals surface area contributed by atoms with Crippen LogP contribution in [0.3, 0.4) is 0 Å². The van der Waals surface area contributed by atoms with E-state index in [0.29, 0.717) is 19.0 Å². The van der Waals surface area contributed by atoms with E-state index in [1.807, 2.05) is 32.0 Å². The van der Waals surface area contributed by atoms with Crippen LogP contribution in [0.5, 0.6) is 0 Å². The Morgan fingerprint density at radius 3 is 2.30 bits per heavy atom. The number of piperazine rings is 1. The van der Waals surface area contributed by atoms with Gasteiger partial charge in [-0.05, 0) is 61.7 Å². The lowest BCUT2D eigenvalue weighted by atomic mass is 10.1. The largest absolute Gasteiger partial charge is 0.339 e. The quantitative estimate of drug-likeness (QED) is 0.634. The number of aryl methyl sites for hydroxylation is 2. The normalized spacial score (nSPS) is 19.9. The Morgan fingerprint density at radius 2 is 1.64 bits per heavy atom. The minimum Gasteiger partial charge on any atom is -0.339 e. The zero-order chi connectivity index (χ0) is 23.9. The molecule has 0 spiro atoms. The van der Waals surface area contributed by atoms with E-state index in [2.05, 4.69) is 0 Å². The van der Waals surface area contributed by atoms with Gasteiger partial charge in [-0.25, -0.2) is 17.2 Å². The van der Waals surface area contributed by atoms with Crippen molar-refractivity contribution >= 4 is 27.5 Å². The number of hydrogen-bond donors (Lipinski definition) is 0. The smallest absolute Gasteiger partial charge is 0.246 e. The molecule has 2 aromatic rings. The lowest BCUT2D eigenvalue weighted by molar-refractivity contribution is -0.140. The molecule has 2 aromatic carbocycles. The van der Waals surface area contributed by atoms with Crippen molar-refractivity contribution in [2.75, 3.05) is 37.6 Å². The number of amides is 2. The van der Waals surface area contributed by atoms with Gasteiger partial charge in [-0.1, -0.05) is 6.07 Å². The van der Waals surface area contributed by atoms with Gasteiger partial charge in [0, 0.05) is 38.4 Å². The maximum absolute atomic E-state index is 14.0. The second-order valence-electron chi connectivity index (χ2n) is 8.40. The third-order valence-corrected chi connectivity index (χ3v) is 8.28. The molecule has 176 valence electrons. The highest BCUT2D eigenvalue weighted by Gasteiger charge is 2.41. The standard InChI is InChI=1S/C23H25F2N3O4S/c1-15-3-5-18(13-16(15)2)28-8-7-19(23(28)30)22(29)26-9-11-27(12-10-26)33(31,32)21-14-17(24)4-6-20(21)25/h3-6,13-14,19H,7-12H2,1-2H3. The van der Waals surface area contributed by atoms with Gasteiger partial charge in [-0.15, -0.1) is 0 Å². The molecule has 0 saturated carbocycles. The SMILES string of the molecule is Cc1ccc(N2CCC(C(=O)N3CCN(S(=O)(=O)c4cc(F)ccc4F)CC3)C2=O)cc1C. The number of anilines is 1. The molecule has 0 radical (unpaired) electrons. The summed E-state index contributed by atoms with van der Waals surface area (Å²) in [5.41, 5.74) is 2.93. The van der Waals surface area contributed by atoms with Gasteiger partial charge in [0.05, 0.1) is 0 Å². The van der Waals surface area contributed by atoms with Crippen LogP contribution in [0.25, 0.3) is 0 Å². The van der Waals surface area contributed by atoms with Gasteiger partial charge in [0.1, 0.15) is 22.4 Å². The number of benzene rings is 2. The number of sulfonamides is 1. The molecular weight excluding hydrogens is 452 g/mol. The molecule has 2 saturated heterocycles. The molecule has 4 rings (SSSR count). The van der Waals surface area contributed by atoms with Crippen LogP contribution >= 0.6 is 0 Å². The number of carbonyl (C=O) groups excluding carboxylic acids is 2. The Kier molecular flexibility index (Phi) is 6.24. The maximum atomic E-state index is 14.0. The van der Waals surface area contributed by atoms with E-state index in [9.17, 15) is 26.8 Å². The first-order valence-electron chi connectivity index (χ1n) is 10.7. The molecule has 10 heteroatoms. The van der Waals surface area contributed by atoms with Crippen molar-refractivity contribution in [2.45, 2.75) is 25.2 Å². The Morgan fingerprint density at radius 1 is 0.939 bits per heavy atom. The predicted octanol–water partition coefficient (Wildman–Crippen LogP) is 2.47. The van der Waals surface area contributed by atoms with Gasteiger partial charge in [0.2, 0.25) is 21.8 Å². The zero-order valence-electron chi connectivity index (χ0n) is 18.4. The van der Waals surface area contributed by atoms with Crippen LogP contribution in [-0.2, 0) is 19.6 Å². The van der Waals surface area contributed by atoms with Gasteiger partial charge in [0.25, 0.3) is 0 Å². The minimum absolute atomic E-state index is 0.0637. The first kappa shape index (κ1) is 23.3. The molecule has 1 atom stereocenters. The second kappa shape index (κ2) is 8.83. The molecule has 0 aromatic heterocycles. The molecule has 0 N–H and O–H groups in total. The summed E-state index contributed by atoms with van der Waals surface area (Å²) in [5, 5.41) is 0. The lowest BCUT2D eigenvalue weighted by Gasteiger charge is -2.35. The predicted molar refractivity (Wildman–Crippen MR) is 118 cm³/mol. The van der Waals surface area contributed by atoms with Crippen LogP contribution in [0.2, 0.25) is 0 Å². The average Bonchev–Trinajstić information content (AvgIpc) is 3.18. The fourth-order valence-corrected chi connectivity index (χ4v) is 5.74. The molecule has 0 aliphatic carbocycles. The van der Waals surface area contributed by atoms with Gasteiger partial charge in [0.15, 0.2) is 0 Å². The fraction of sp³-hybridized carbons (Fsp3) is 0.391. The Bertz CT molecular complexity index is 1210. The number of nitrogens with zero attached hydrogens (tertiary/aromatic N) is 3. The molecule has 1 unspecified atom stereocenters. The Labute approximate surface area is 191 Å². The third kappa shape index (κ3) is 4.37. The van der Waals surface area contributed by atoms with Crippen LogP contribution in [0, 0.1) is 31.4 Å². The summed E-state index contributed by atoms with van der Waals surface area (Å²) < 4.78 is 54.0. The lowest BCUT2D eigenvalue weighted by Crippen LogP contribution is -2.52. The first-order chi connectivity index (χ1) is 15.6. The summed E-state index contributed by atoms with van der Waals surface area (Å²) in [6.07, 6.45) is 0.387. The van der Waals surface area contributed by atoms with Crippen LogP contribution < -0.4 is 4.90 Å². The summed E-state index contributed by atoms with van der Waals surface area (Å²) in [7, 11) is -4.24. The van der Waals surface area contributed by atoms with E-state index in [1.165, 1.54) is 4.90 Å². The van der Waals surface area contributed by atoms with E-state index in [4.69, 9.17) is 0 Å². The topological polar surface area (TPSA) is 78.0 Å². The molecule has 2 fully saturated rings. The van der Waals surface area contributed by atoms with Gasteiger partial charge in [-0.2, -0.15) is 4.31 Å². The molecule has 2 heterocycles. The molecule has 33 heavy (non-hydrogen) atoms. The molecule has 2 aliphatic heterocycles. The Balaban J connectivity index is 1.42. The third-order valence-electron chi connectivity index (χ3n) is 6.37. The highest BCUT2D eigenvalue weighted by Crippen LogP contribution is 2.29. The summed E-state index contributed by atoms with van der Waals surface area (Å²) in [5.74, 6) is -3.29. The first-order valence-corrected chi connectivity index (χ1v) is 12.2. The number of rotatable bonds is 4. The molecular formula is C23H25F2N3O4S. The van der Waals surface area contributed by atoms with E-state index in [1.54, 1.807) is 4.90 Å². The van der Waals surface area contributed by atoms with Gasteiger partial charge < -0.3 is 9.80 Å². The summed E-state index contributed by atoms with van der Waals surface area (Å²) in [4.78, 5) is 28.4. The van der Waals surface area contributed by atoms with E-state index in [-0.39, 0.29) is 38.0 Å². The van der Waals surface area contributed by atoms with E-state index < -0.39 is 32.5 Å². The van der Waals surface area contributed by atoms with Crippen molar-refractivity contribution in [3.8, 4) is 0 Å². The number of halogens is 2. The highest BCUT2D eigenvalue weighted by atomic mass is 32.2. The molecule has 2 aliphatic rings. The van der Waals surface area contributed by atoms with Crippen LogP contribution in [0.1, 0.15) is 17.5 Å². The van der Waals surface area contributed by atoms with Crippen molar-refractivity contribution in [3.05, 3.63) is 59.2 Å². The minimum atomic E-state index is -4.24. The van der Waals surface area contributed by atoms with Gasteiger partial charge in [-0.3, -0.25) is 9.59 Å². The van der Waals surface area contributed by atoms with E-state index >= 15 is 0 Å². The average molecular weight is 478 g/mol. The van der Waals surface area contributed by atoms with Crippen LogP contribution in [0.15, 0.2) is 41.3 Å². The fourth-order valence-electron chi connectivity index (χ4n) is 4.24. The summed E-state index contributed by atoms with van der Waals surface area (Å²) in [6.45, 7) is 4.40. The molecule has 0 bridgehead atoms. The van der Waals surface area contributed by atoms with E-state index in [0.717, 1.165) is 33.3 Å². The van der Waals surface area contributed by atoms with Crippen LogP contribution in [-0.4, -0.2) is 62.2 Å².